The van der Waals surface area contributed by atoms with Gasteiger partial charge in [-0.05, 0) is 103 Å². The first kappa shape index (κ1) is 42.1. The van der Waals surface area contributed by atoms with Gasteiger partial charge in [-0.2, -0.15) is 0 Å². The maximum absolute atomic E-state index is 14.2. The Hall–Kier alpha value is -6.57. The summed E-state index contributed by atoms with van der Waals surface area (Å²) in [7, 11) is 0. The van der Waals surface area contributed by atoms with Gasteiger partial charge in [0.15, 0.2) is 23.5 Å². The molecule has 62 heavy (non-hydrogen) atoms. The van der Waals surface area contributed by atoms with Gasteiger partial charge < -0.3 is 38.7 Å². The highest BCUT2D eigenvalue weighted by Crippen LogP contribution is 2.41. The average Bonchev–Trinajstić information content (AvgIpc) is 3.61. The highest BCUT2D eigenvalue weighted by atomic mass is 35.5. The van der Waals surface area contributed by atoms with Crippen molar-refractivity contribution >= 4 is 41.0 Å². The van der Waals surface area contributed by atoms with Crippen LogP contribution in [0.25, 0.3) is 0 Å². The number of nitrogens with one attached hydrogen (secondary N) is 1. The molecule has 0 saturated heterocycles. The molecule has 0 radical (unpaired) electrons. The lowest BCUT2D eigenvalue weighted by Gasteiger charge is -2.37. The number of carbonyl (C=O) groups is 3. The van der Waals surface area contributed by atoms with E-state index in [0.717, 1.165) is 33.5 Å². The van der Waals surface area contributed by atoms with E-state index in [1.165, 1.54) is 4.90 Å². The first-order chi connectivity index (χ1) is 29.8. The van der Waals surface area contributed by atoms with E-state index in [-0.39, 0.29) is 31.8 Å². The molecule has 8 rings (SSSR count). The number of halogens is 2. The Labute approximate surface area is 367 Å². The number of carboxylic acids is 1. The van der Waals surface area contributed by atoms with E-state index in [9.17, 15) is 19.5 Å². The number of aryl methyl sites for hydroxylation is 3. The molecule has 0 fully saturated rings. The standard InChI is InChI=1S/C47H42Cl2N4O9/c1-25-26(2)50-16-15-40(25)61-35-10-5-29(6-11-35)18-38(47(56)57)52-45(54)39-19-32-20-41-42(21-33(32)22-53(39)46(55)44-27(3)51-28(4)60-44)62-43(24-59-41)31-8-12-34(13-9-31)58-23-30-7-14-36(48)37(49)17-30/h5-17,20-21,38-39,43H,18-19,22-24H2,1-4H3,(H,52,54)(H,56,57)/t38?,39-,43+/m0/s1. The van der Waals surface area contributed by atoms with Crippen molar-refractivity contribution in [1.29, 1.82) is 0 Å². The van der Waals surface area contributed by atoms with E-state index in [1.807, 2.05) is 56.3 Å². The number of fused-ring (bicyclic) bond motifs is 2. The van der Waals surface area contributed by atoms with Crippen LogP contribution in [0, 0.1) is 27.7 Å². The molecule has 0 aliphatic carbocycles. The van der Waals surface area contributed by atoms with Gasteiger partial charge in [0, 0.05) is 43.8 Å². The van der Waals surface area contributed by atoms with Crippen LogP contribution >= 0.6 is 23.2 Å². The Balaban J connectivity index is 0.978. The molecule has 2 aliphatic heterocycles. The van der Waals surface area contributed by atoms with E-state index >= 15 is 0 Å². The fourth-order valence-corrected chi connectivity index (χ4v) is 7.77. The van der Waals surface area contributed by atoms with Crippen molar-refractivity contribution in [3.8, 4) is 28.7 Å². The molecular formula is C47H42Cl2N4O9. The van der Waals surface area contributed by atoms with Crippen LogP contribution in [-0.4, -0.2) is 56.4 Å². The maximum Gasteiger partial charge on any atom is 0.326 e. The third kappa shape index (κ3) is 9.19. The number of ether oxygens (including phenoxy) is 4. The van der Waals surface area contributed by atoms with Gasteiger partial charge in [-0.3, -0.25) is 14.6 Å². The Morgan fingerprint density at radius 1 is 0.871 bits per heavy atom. The number of benzene rings is 4. The van der Waals surface area contributed by atoms with Crippen LogP contribution in [-0.2, 0) is 35.6 Å². The summed E-state index contributed by atoms with van der Waals surface area (Å²) >= 11 is 12.2. The highest BCUT2D eigenvalue weighted by Gasteiger charge is 2.40. The molecule has 3 atom stereocenters. The predicted octanol–water partition coefficient (Wildman–Crippen LogP) is 8.87. The second-order valence-electron chi connectivity index (χ2n) is 15.3. The molecular weight excluding hydrogens is 835 g/mol. The number of carboxylic acid groups (broad SMARTS) is 1. The van der Waals surface area contributed by atoms with Crippen LogP contribution in [0.15, 0.2) is 95.5 Å². The largest absolute Gasteiger partial charge is 0.489 e. The number of carbonyl (C=O) groups excluding carboxylic acids is 2. The Kier molecular flexibility index (Phi) is 12.1. The molecule has 318 valence electrons. The summed E-state index contributed by atoms with van der Waals surface area (Å²) in [4.78, 5) is 50.9. The van der Waals surface area contributed by atoms with Gasteiger partial charge in [0.25, 0.3) is 5.91 Å². The van der Waals surface area contributed by atoms with Crippen molar-refractivity contribution < 1.29 is 42.9 Å². The molecule has 0 saturated carbocycles. The fraction of sp³-hybridized carbons (Fsp3) is 0.255. The number of hydrogen-bond acceptors (Lipinski definition) is 10. The molecule has 6 aromatic rings. The lowest BCUT2D eigenvalue weighted by atomic mass is 9.91. The quantitative estimate of drug-likeness (QED) is 0.121. The van der Waals surface area contributed by atoms with E-state index in [1.54, 1.807) is 62.5 Å². The summed E-state index contributed by atoms with van der Waals surface area (Å²) in [6, 6.07) is 22.9. The number of aliphatic carboxylic acids is 1. The van der Waals surface area contributed by atoms with Crippen LogP contribution in [0.3, 0.4) is 0 Å². The van der Waals surface area contributed by atoms with E-state index in [2.05, 4.69) is 15.3 Å². The molecule has 0 bridgehead atoms. The number of pyridine rings is 1. The van der Waals surface area contributed by atoms with Crippen LogP contribution in [0.4, 0.5) is 0 Å². The van der Waals surface area contributed by atoms with Gasteiger partial charge in [-0.15, -0.1) is 0 Å². The van der Waals surface area contributed by atoms with Gasteiger partial charge in [0.05, 0.1) is 15.7 Å². The van der Waals surface area contributed by atoms with Crippen LogP contribution in [0.2, 0.25) is 10.0 Å². The number of hydrogen-bond donors (Lipinski definition) is 2. The number of aromatic nitrogens is 2. The molecule has 2 amide bonds. The monoisotopic (exact) mass is 876 g/mol. The first-order valence-electron chi connectivity index (χ1n) is 19.9. The molecule has 2 aromatic heterocycles. The van der Waals surface area contributed by atoms with Crippen molar-refractivity contribution in [3.05, 3.63) is 158 Å². The SMILES string of the molecule is Cc1nc(C)c(C(=O)N2Cc3cc4c(cc3C[C@H]2C(=O)NC(Cc2ccc(Oc3ccnc(C)c3C)cc2)C(=O)O)OC[C@H](c2ccc(OCc3ccc(Cl)c(Cl)c3)cc2)O4)o1. The summed E-state index contributed by atoms with van der Waals surface area (Å²) in [5.41, 5.74) is 6.04. The molecule has 2 aliphatic rings. The third-order valence-corrected chi connectivity index (χ3v) is 11.7. The van der Waals surface area contributed by atoms with Crippen LogP contribution in [0.5, 0.6) is 28.7 Å². The van der Waals surface area contributed by atoms with Crippen molar-refractivity contribution in [2.75, 3.05) is 6.61 Å². The van der Waals surface area contributed by atoms with Crippen molar-refractivity contribution in [2.45, 2.75) is 71.9 Å². The first-order valence-corrected chi connectivity index (χ1v) is 20.6. The summed E-state index contributed by atoms with van der Waals surface area (Å²) in [6.07, 6.45) is 1.30. The van der Waals surface area contributed by atoms with E-state index < -0.39 is 36.0 Å². The number of amides is 2. The van der Waals surface area contributed by atoms with E-state index in [4.69, 9.17) is 46.6 Å². The maximum atomic E-state index is 14.2. The van der Waals surface area contributed by atoms with E-state index in [0.29, 0.717) is 62.5 Å². The normalized spacial score (nSPS) is 15.9. The number of nitrogens with zero attached hydrogens (tertiary/aromatic N) is 3. The molecule has 0 spiro atoms. The van der Waals surface area contributed by atoms with Gasteiger partial charge in [-0.1, -0.05) is 53.5 Å². The van der Waals surface area contributed by atoms with Gasteiger partial charge in [-0.25, -0.2) is 9.78 Å². The Bertz CT molecular complexity index is 2670. The highest BCUT2D eigenvalue weighted by molar-refractivity contribution is 6.42. The predicted molar refractivity (Wildman–Crippen MR) is 229 cm³/mol. The molecule has 4 heterocycles. The molecule has 13 nitrogen and oxygen atoms in total. The minimum atomic E-state index is -1.30. The number of oxazole rings is 1. The minimum absolute atomic E-state index is 0.0000362. The average molecular weight is 878 g/mol. The molecule has 1 unspecified atom stereocenters. The van der Waals surface area contributed by atoms with Crippen molar-refractivity contribution in [1.82, 2.24) is 20.2 Å². The molecule has 4 aromatic carbocycles. The van der Waals surface area contributed by atoms with Crippen molar-refractivity contribution in [2.24, 2.45) is 0 Å². The number of rotatable bonds is 12. The molecule has 15 heteroatoms. The van der Waals surface area contributed by atoms with Crippen LogP contribution in [0.1, 0.15) is 67.3 Å². The summed E-state index contributed by atoms with van der Waals surface area (Å²) in [5.74, 6) is 0.760. The zero-order valence-electron chi connectivity index (χ0n) is 34.2. The topological polar surface area (TPSA) is 163 Å². The van der Waals surface area contributed by atoms with Crippen molar-refractivity contribution in [3.63, 3.8) is 0 Å². The zero-order chi connectivity index (χ0) is 43.7. The third-order valence-electron chi connectivity index (χ3n) is 11.0. The second kappa shape index (κ2) is 17.8. The lowest BCUT2D eigenvalue weighted by molar-refractivity contribution is -0.142. The van der Waals surface area contributed by atoms with Crippen LogP contribution < -0.4 is 24.3 Å². The minimum Gasteiger partial charge on any atom is -0.489 e. The zero-order valence-corrected chi connectivity index (χ0v) is 35.8. The smallest absolute Gasteiger partial charge is 0.326 e. The second-order valence-corrected chi connectivity index (χ2v) is 16.1. The summed E-state index contributed by atoms with van der Waals surface area (Å²) in [6.45, 7) is 7.66. The van der Waals surface area contributed by atoms with Gasteiger partial charge in [0.2, 0.25) is 11.7 Å². The molecule has 2 N–H and O–H groups in total. The Morgan fingerprint density at radius 2 is 1.60 bits per heavy atom. The lowest BCUT2D eigenvalue weighted by Crippen LogP contribution is -2.56. The fourth-order valence-electron chi connectivity index (χ4n) is 7.45. The summed E-state index contributed by atoms with van der Waals surface area (Å²) < 4.78 is 30.4. The van der Waals surface area contributed by atoms with Gasteiger partial charge >= 0.3 is 5.97 Å². The van der Waals surface area contributed by atoms with Gasteiger partial charge in [0.1, 0.15) is 42.5 Å². The summed E-state index contributed by atoms with van der Waals surface area (Å²) in [5, 5.41) is 13.9. The Morgan fingerprint density at radius 3 is 2.31 bits per heavy atom.